The average Bonchev–Trinajstić information content (AvgIpc) is 2.56. The molecule has 3 atom stereocenters. The van der Waals surface area contributed by atoms with Gasteiger partial charge in [-0.1, -0.05) is 0 Å². The maximum absolute atomic E-state index is 12.1. The van der Waals surface area contributed by atoms with E-state index < -0.39 is 79.6 Å². The standard InChI is InChI=1S/C13H22N6O8/c14-5(4-20)11(24)17-3-10(23)18-6(1-8(15)21)12(25)19-7(13(26)27)2-9(16)22/h5-7,20H,1-4,14H2,(H2,15,21)(H2,16,22)(H,17,24)(H,18,23)(H,19,25)(H,26,27). The lowest BCUT2D eigenvalue weighted by atomic mass is 10.1. The largest absolute Gasteiger partial charge is 0.480 e. The van der Waals surface area contributed by atoms with Crippen molar-refractivity contribution in [3.63, 3.8) is 0 Å². The SMILES string of the molecule is NC(=O)CC(NC(=O)C(CC(N)=O)NC(=O)CNC(=O)C(N)CO)C(=O)O. The van der Waals surface area contributed by atoms with E-state index >= 15 is 0 Å². The van der Waals surface area contributed by atoms with Crippen molar-refractivity contribution in [1.29, 1.82) is 0 Å². The third-order valence-corrected chi connectivity index (χ3v) is 3.03. The number of carbonyl (C=O) groups is 6. The van der Waals surface area contributed by atoms with E-state index in [2.05, 4.69) is 10.6 Å². The van der Waals surface area contributed by atoms with Crippen LogP contribution in [0.25, 0.3) is 0 Å². The van der Waals surface area contributed by atoms with Gasteiger partial charge in [0.05, 0.1) is 26.0 Å². The van der Waals surface area contributed by atoms with Gasteiger partial charge < -0.3 is 43.4 Å². The Bertz CT molecular complexity index is 610. The van der Waals surface area contributed by atoms with Crippen LogP contribution < -0.4 is 33.2 Å². The number of aliphatic hydroxyl groups excluding tert-OH is 1. The van der Waals surface area contributed by atoms with Gasteiger partial charge in [-0.25, -0.2) is 4.79 Å². The first-order chi connectivity index (χ1) is 12.5. The summed E-state index contributed by atoms with van der Waals surface area (Å²) in [6, 6.07) is -4.50. The highest BCUT2D eigenvalue weighted by atomic mass is 16.4. The van der Waals surface area contributed by atoms with Crippen molar-refractivity contribution in [2.45, 2.75) is 31.0 Å². The molecule has 0 rings (SSSR count). The molecule has 0 aromatic heterocycles. The van der Waals surface area contributed by atoms with Crippen molar-refractivity contribution < 1.29 is 39.0 Å². The molecule has 0 aliphatic rings. The first kappa shape index (κ1) is 23.7. The van der Waals surface area contributed by atoms with E-state index in [1.165, 1.54) is 0 Å². The molecule has 0 saturated heterocycles. The number of carboxylic acid groups (broad SMARTS) is 1. The van der Waals surface area contributed by atoms with E-state index in [0.717, 1.165) is 0 Å². The van der Waals surface area contributed by atoms with Crippen molar-refractivity contribution in [2.24, 2.45) is 17.2 Å². The number of nitrogens with two attached hydrogens (primary N) is 3. The summed E-state index contributed by atoms with van der Waals surface area (Å²) in [5.41, 5.74) is 15.1. The van der Waals surface area contributed by atoms with Crippen molar-refractivity contribution in [1.82, 2.24) is 16.0 Å². The minimum atomic E-state index is -1.68. The number of hydrogen-bond donors (Lipinski definition) is 8. The van der Waals surface area contributed by atoms with Crippen LogP contribution in [0, 0.1) is 0 Å². The first-order valence-corrected chi connectivity index (χ1v) is 7.51. The number of primary amides is 2. The van der Waals surface area contributed by atoms with Crippen LogP contribution >= 0.6 is 0 Å². The topological polar surface area (TPSA) is 257 Å². The fraction of sp³-hybridized carbons (Fsp3) is 0.538. The van der Waals surface area contributed by atoms with E-state index in [9.17, 15) is 28.8 Å². The molecule has 0 fully saturated rings. The van der Waals surface area contributed by atoms with Crippen LogP contribution in [0.1, 0.15) is 12.8 Å². The number of carbonyl (C=O) groups excluding carboxylic acids is 5. The molecule has 14 heteroatoms. The van der Waals surface area contributed by atoms with E-state index in [0.29, 0.717) is 0 Å². The summed E-state index contributed by atoms with van der Waals surface area (Å²) < 4.78 is 0. The Labute approximate surface area is 152 Å². The van der Waals surface area contributed by atoms with E-state index in [1.54, 1.807) is 0 Å². The van der Waals surface area contributed by atoms with Gasteiger partial charge in [0.15, 0.2) is 0 Å². The summed E-state index contributed by atoms with van der Waals surface area (Å²) in [7, 11) is 0. The van der Waals surface area contributed by atoms with Gasteiger partial charge in [0.25, 0.3) is 0 Å². The Morgan fingerprint density at radius 2 is 1.37 bits per heavy atom. The summed E-state index contributed by atoms with van der Waals surface area (Å²) in [5.74, 6) is -6.40. The van der Waals surface area contributed by atoms with Gasteiger partial charge in [0, 0.05) is 0 Å². The second kappa shape index (κ2) is 11.4. The Kier molecular flexibility index (Phi) is 10.0. The van der Waals surface area contributed by atoms with Crippen molar-refractivity contribution in [3.8, 4) is 0 Å². The molecule has 0 aliphatic heterocycles. The predicted molar refractivity (Wildman–Crippen MR) is 87.2 cm³/mol. The predicted octanol–water partition coefficient (Wildman–Crippen LogP) is -5.77. The van der Waals surface area contributed by atoms with Crippen LogP contribution in [0.5, 0.6) is 0 Å². The molecule has 0 spiro atoms. The molecule has 0 saturated carbocycles. The zero-order valence-corrected chi connectivity index (χ0v) is 14.1. The number of rotatable bonds is 12. The maximum atomic E-state index is 12.1. The third kappa shape index (κ3) is 9.71. The fourth-order valence-corrected chi connectivity index (χ4v) is 1.71. The smallest absolute Gasteiger partial charge is 0.326 e. The molecule has 0 heterocycles. The van der Waals surface area contributed by atoms with Gasteiger partial charge in [0.2, 0.25) is 29.5 Å². The van der Waals surface area contributed by atoms with Crippen LogP contribution in [0.4, 0.5) is 0 Å². The van der Waals surface area contributed by atoms with Gasteiger partial charge in [-0.15, -0.1) is 0 Å². The van der Waals surface area contributed by atoms with Crippen LogP contribution in [-0.4, -0.2) is 77.0 Å². The summed E-state index contributed by atoms with van der Waals surface area (Å²) in [4.78, 5) is 68.2. The van der Waals surface area contributed by atoms with Gasteiger partial charge in [-0.05, 0) is 0 Å². The fourth-order valence-electron chi connectivity index (χ4n) is 1.71. The Morgan fingerprint density at radius 1 is 0.852 bits per heavy atom. The first-order valence-electron chi connectivity index (χ1n) is 7.51. The number of hydrogen-bond acceptors (Lipinski definition) is 8. The Morgan fingerprint density at radius 3 is 1.81 bits per heavy atom. The maximum Gasteiger partial charge on any atom is 0.326 e. The summed E-state index contributed by atoms with van der Waals surface area (Å²) in [5, 5.41) is 23.8. The number of amides is 5. The highest BCUT2D eigenvalue weighted by Gasteiger charge is 2.28. The van der Waals surface area contributed by atoms with Crippen LogP contribution in [0.15, 0.2) is 0 Å². The average molecular weight is 390 g/mol. The Hall–Kier alpha value is -3.26. The summed E-state index contributed by atoms with van der Waals surface area (Å²) in [6.07, 6.45) is -1.39. The molecular formula is C13H22N6O8. The minimum absolute atomic E-state index is 0.640. The van der Waals surface area contributed by atoms with Gasteiger partial charge >= 0.3 is 5.97 Å². The summed E-state index contributed by atoms with van der Waals surface area (Å²) >= 11 is 0. The van der Waals surface area contributed by atoms with Gasteiger partial charge in [0.1, 0.15) is 18.1 Å². The lowest BCUT2D eigenvalue weighted by Gasteiger charge is -2.20. The van der Waals surface area contributed by atoms with E-state index in [-0.39, 0.29) is 0 Å². The van der Waals surface area contributed by atoms with Crippen LogP contribution in [-0.2, 0) is 28.8 Å². The van der Waals surface area contributed by atoms with Crippen LogP contribution in [0.2, 0.25) is 0 Å². The second-order valence-corrected chi connectivity index (χ2v) is 5.37. The zero-order chi connectivity index (χ0) is 21.1. The molecule has 27 heavy (non-hydrogen) atoms. The molecule has 11 N–H and O–H groups in total. The molecule has 0 bridgehead atoms. The van der Waals surface area contributed by atoms with Gasteiger partial charge in [-0.3, -0.25) is 24.0 Å². The molecule has 0 aromatic rings. The molecule has 152 valence electrons. The van der Waals surface area contributed by atoms with Gasteiger partial charge in [-0.2, -0.15) is 0 Å². The van der Waals surface area contributed by atoms with Crippen molar-refractivity contribution in [2.75, 3.05) is 13.2 Å². The lowest BCUT2D eigenvalue weighted by molar-refractivity contribution is -0.143. The monoisotopic (exact) mass is 390 g/mol. The number of aliphatic hydroxyl groups is 1. The second-order valence-electron chi connectivity index (χ2n) is 5.37. The zero-order valence-electron chi connectivity index (χ0n) is 14.1. The minimum Gasteiger partial charge on any atom is -0.480 e. The number of nitrogens with one attached hydrogen (secondary N) is 3. The van der Waals surface area contributed by atoms with E-state index in [4.69, 9.17) is 27.4 Å². The molecular weight excluding hydrogens is 368 g/mol. The normalized spacial score (nSPS) is 13.6. The molecule has 0 aliphatic carbocycles. The molecule has 3 unspecified atom stereocenters. The Balaban J connectivity index is 4.94. The highest BCUT2D eigenvalue weighted by molar-refractivity contribution is 5.95. The van der Waals surface area contributed by atoms with Crippen molar-refractivity contribution in [3.05, 3.63) is 0 Å². The molecule has 0 radical (unpaired) electrons. The summed E-state index contributed by atoms with van der Waals surface area (Å²) in [6.45, 7) is -1.30. The third-order valence-electron chi connectivity index (χ3n) is 3.03. The molecule has 0 aromatic carbocycles. The lowest BCUT2D eigenvalue weighted by Crippen LogP contribution is -2.55. The van der Waals surface area contributed by atoms with Crippen molar-refractivity contribution >= 4 is 35.5 Å². The highest BCUT2D eigenvalue weighted by Crippen LogP contribution is 1.97. The van der Waals surface area contributed by atoms with Crippen LogP contribution in [0.3, 0.4) is 0 Å². The molecule has 5 amide bonds. The quantitative estimate of drug-likeness (QED) is 0.157. The number of carboxylic acids is 1. The van der Waals surface area contributed by atoms with E-state index in [1.807, 2.05) is 5.32 Å². The number of aliphatic carboxylic acids is 1. The molecule has 14 nitrogen and oxygen atoms in total.